The largest absolute Gasteiger partial charge is 0.478 e. The molecule has 0 saturated carbocycles. The second-order valence-corrected chi connectivity index (χ2v) is 5.95. The van der Waals surface area contributed by atoms with E-state index in [0.717, 1.165) is 19.4 Å². The van der Waals surface area contributed by atoms with Crippen LogP contribution in [0.4, 0.5) is 10.5 Å². The van der Waals surface area contributed by atoms with Crippen LogP contribution in [0.25, 0.3) is 0 Å². The molecular weight excluding hydrogens is 268 g/mol. The predicted octanol–water partition coefficient (Wildman–Crippen LogP) is 3.35. The minimum Gasteiger partial charge on any atom is -0.478 e. The summed E-state index contributed by atoms with van der Waals surface area (Å²) >= 11 is 0. The van der Waals surface area contributed by atoms with E-state index in [1.807, 2.05) is 4.90 Å². The molecule has 114 valence electrons. The number of carboxylic acids is 1. The predicted molar refractivity (Wildman–Crippen MR) is 81.7 cm³/mol. The van der Waals surface area contributed by atoms with Gasteiger partial charge in [0, 0.05) is 18.3 Å². The third-order valence-electron chi connectivity index (χ3n) is 4.09. The summed E-state index contributed by atoms with van der Waals surface area (Å²) in [5.41, 5.74) is 1.53. The SMILES string of the molecule is Cc1cc(NC(=O)N2CC(C)CCC2C)ccc1C(=O)O. The third-order valence-corrected chi connectivity index (χ3v) is 4.09. The van der Waals surface area contributed by atoms with Gasteiger partial charge in [-0.3, -0.25) is 0 Å². The van der Waals surface area contributed by atoms with Crippen molar-refractivity contribution in [3.05, 3.63) is 29.3 Å². The summed E-state index contributed by atoms with van der Waals surface area (Å²) < 4.78 is 0. The molecule has 2 unspecified atom stereocenters. The van der Waals surface area contributed by atoms with Crippen LogP contribution in [0.1, 0.15) is 42.6 Å². The standard InChI is InChI=1S/C16H22N2O3/c1-10-4-5-12(3)18(9-10)16(21)17-13-6-7-14(15(19)20)11(2)8-13/h6-8,10,12H,4-5,9H2,1-3H3,(H,17,21)(H,19,20). The number of hydrogen-bond donors (Lipinski definition) is 2. The maximum absolute atomic E-state index is 12.4. The van der Waals surface area contributed by atoms with Crippen molar-refractivity contribution in [1.29, 1.82) is 0 Å². The number of carboxylic acid groups (broad SMARTS) is 1. The average molecular weight is 290 g/mol. The summed E-state index contributed by atoms with van der Waals surface area (Å²) in [5.74, 6) is -0.438. The minimum absolute atomic E-state index is 0.114. The van der Waals surface area contributed by atoms with E-state index in [9.17, 15) is 9.59 Å². The van der Waals surface area contributed by atoms with Gasteiger partial charge in [0.2, 0.25) is 0 Å². The lowest BCUT2D eigenvalue weighted by Crippen LogP contribution is -2.46. The molecule has 5 nitrogen and oxygen atoms in total. The Balaban J connectivity index is 2.09. The number of aryl methyl sites for hydroxylation is 1. The molecule has 2 atom stereocenters. The van der Waals surface area contributed by atoms with Crippen LogP contribution in [0.2, 0.25) is 0 Å². The van der Waals surface area contributed by atoms with Crippen molar-refractivity contribution in [2.75, 3.05) is 11.9 Å². The van der Waals surface area contributed by atoms with Crippen LogP contribution < -0.4 is 5.32 Å². The Labute approximate surface area is 125 Å². The van der Waals surface area contributed by atoms with Crippen molar-refractivity contribution in [1.82, 2.24) is 4.90 Å². The topological polar surface area (TPSA) is 69.6 Å². The molecule has 0 aromatic heterocycles. The first-order chi connectivity index (χ1) is 9.88. The molecule has 1 aliphatic rings. The van der Waals surface area contributed by atoms with E-state index in [1.165, 1.54) is 6.07 Å². The maximum atomic E-state index is 12.4. The number of amides is 2. The van der Waals surface area contributed by atoms with Gasteiger partial charge in [0.15, 0.2) is 0 Å². The van der Waals surface area contributed by atoms with E-state index in [0.29, 0.717) is 17.2 Å². The second-order valence-electron chi connectivity index (χ2n) is 5.95. The van der Waals surface area contributed by atoms with Crippen LogP contribution in [0, 0.1) is 12.8 Å². The zero-order valence-electron chi connectivity index (χ0n) is 12.7. The van der Waals surface area contributed by atoms with Gasteiger partial charge in [0.25, 0.3) is 0 Å². The molecule has 1 aromatic rings. The summed E-state index contributed by atoms with van der Waals surface area (Å²) in [6.45, 7) is 6.70. The van der Waals surface area contributed by atoms with Gasteiger partial charge >= 0.3 is 12.0 Å². The Morgan fingerprint density at radius 1 is 1.29 bits per heavy atom. The van der Waals surface area contributed by atoms with Gasteiger partial charge in [-0.25, -0.2) is 9.59 Å². The number of urea groups is 1. The number of nitrogens with one attached hydrogen (secondary N) is 1. The van der Waals surface area contributed by atoms with Gasteiger partial charge < -0.3 is 15.3 Å². The van der Waals surface area contributed by atoms with Crippen molar-refractivity contribution < 1.29 is 14.7 Å². The van der Waals surface area contributed by atoms with Crippen LogP contribution in [0.3, 0.4) is 0 Å². The van der Waals surface area contributed by atoms with Gasteiger partial charge in [0.05, 0.1) is 5.56 Å². The fourth-order valence-electron chi connectivity index (χ4n) is 2.75. The van der Waals surface area contributed by atoms with Crippen molar-refractivity contribution in [2.45, 2.75) is 39.7 Å². The van der Waals surface area contributed by atoms with E-state index in [2.05, 4.69) is 19.2 Å². The highest BCUT2D eigenvalue weighted by atomic mass is 16.4. The molecule has 21 heavy (non-hydrogen) atoms. The number of rotatable bonds is 2. The molecule has 2 amide bonds. The van der Waals surface area contributed by atoms with Crippen molar-refractivity contribution in [2.24, 2.45) is 5.92 Å². The van der Waals surface area contributed by atoms with E-state index >= 15 is 0 Å². The van der Waals surface area contributed by atoms with Crippen LogP contribution in [-0.4, -0.2) is 34.6 Å². The number of nitrogens with zero attached hydrogens (tertiary/aromatic N) is 1. The number of anilines is 1. The number of carbonyl (C=O) groups is 2. The van der Waals surface area contributed by atoms with Gasteiger partial charge in [-0.1, -0.05) is 6.92 Å². The van der Waals surface area contributed by atoms with E-state index in [1.54, 1.807) is 19.1 Å². The monoisotopic (exact) mass is 290 g/mol. The Bertz CT molecular complexity index is 556. The summed E-state index contributed by atoms with van der Waals surface area (Å²) in [5, 5.41) is 11.9. The molecule has 0 aliphatic carbocycles. The first-order valence-electron chi connectivity index (χ1n) is 7.30. The molecule has 1 fully saturated rings. The molecule has 2 N–H and O–H groups in total. The Morgan fingerprint density at radius 2 is 2.00 bits per heavy atom. The molecule has 5 heteroatoms. The number of benzene rings is 1. The molecule has 0 radical (unpaired) electrons. The Kier molecular flexibility index (Phi) is 4.50. The summed E-state index contributed by atoms with van der Waals surface area (Å²) in [6.07, 6.45) is 2.17. The van der Waals surface area contributed by atoms with E-state index < -0.39 is 5.97 Å². The molecule has 1 saturated heterocycles. The lowest BCUT2D eigenvalue weighted by atomic mass is 9.95. The number of aromatic carboxylic acids is 1. The highest BCUT2D eigenvalue weighted by Gasteiger charge is 2.26. The highest BCUT2D eigenvalue weighted by molar-refractivity contribution is 5.93. The van der Waals surface area contributed by atoms with E-state index in [4.69, 9.17) is 5.11 Å². The summed E-state index contributed by atoms with van der Waals surface area (Å²) in [7, 11) is 0. The molecule has 0 spiro atoms. The van der Waals surface area contributed by atoms with Crippen molar-refractivity contribution in [3.8, 4) is 0 Å². The molecule has 0 bridgehead atoms. The van der Waals surface area contributed by atoms with Crippen LogP contribution >= 0.6 is 0 Å². The van der Waals surface area contributed by atoms with Crippen LogP contribution in [0.15, 0.2) is 18.2 Å². The zero-order valence-corrected chi connectivity index (χ0v) is 12.7. The number of likely N-dealkylation sites (tertiary alicyclic amines) is 1. The molecule has 2 rings (SSSR count). The Morgan fingerprint density at radius 3 is 2.62 bits per heavy atom. The van der Waals surface area contributed by atoms with Crippen LogP contribution in [0.5, 0.6) is 0 Å². The van der Waals surface area contributed by atoms with Gasteiger partial charge in [-0.05, 0) is 56.4 Å². The zero-order chi connectivity index (χ0) is 15.6. The summed E-state index contributed by atoms with van der Waals surface area (Å²) in [6, 6.07) is 4.97. The number of hydrogen-bond acceptors (Lipinski definition) is 2. The van der Waals surface area contributed by atoms with Gasteiger partial charge in [-0.2, -0.15) is 0 Å². The number of piperidine rings is 1. The molecular formula is C16H22N2O3. The van der Waals surface area contributed by atoms with Crippen LogP contribution in [-0.2, 0) is 0 Å². The van der Waals surface area contributed by atoms with Crippen molar-refractivity contribution >= 4 is 17.7 Å². The molecule has 1 aliphatic heterocycles. The molecule has 1 aromatic carbocycles. The minimum atomic E-state index is -0.955. The average Bonchev–Trinajstić information content (AvgIpc) is 2.41. The first kappa shape index (κ1) is 15.4. The normalized spacial score (nSPS) is 22.0. The smallest absolute Gasteiger partial charge is 0.335 e. The van der Waals surface area contributed by atoms with E-state index in [-0.39, 0.29) is 17.6 Å². The van der Waals surface area contributed by atoms with Crippen molar-refractivity contribution in [3.63, 3.8) is 0 Å². The fourth-order valence-corrected chi connectivity index (χ4v) is 2.75. The van der Waals surface area contributed by atoms with Gasteiger partial charge in [0.1, 0.15) is 0 Å². The first-order valence-corrected chi connectivity index (χ1v) is 7.30. The fraction of sp³-hybridized carbons (Fsp3) is 0.500. The van der Waals surface area contributed by atoms with Gasteiger partial charge in [-0.15, -0.1) is 0 Å². The third kappa shape index (κ3) is 3.54. The lowest BCUT2D eigenvalue weighted by molar-refractivity contribution is 0.0696. The lowest BCUT2D eigenvalue weighted by Gasteiger charge is -2.36. The summed E-state index contributed by atoms with van der Waals surface area (Å²) in [4.78, 5) is 25.2. The Hall–Kier alpha value is -2.04. The second kappa shape index (κ2) is 6.16. The highest BCUT2D eigenvalue weighted by Crippen LogP contribution is 2.23. The molecule has 1 heterocycles. The quantitative estimate of drug-likeness (QED) is 0.877. The maximum Gasteiger partial charge on any atom is 0.335 e. The number of carbonyl (C=O) groups excluding carboxylic acids is 1.